The molecule has 0 unspecified atom stereocenters. The van der Waals surface area contributed by atoms with Gasteiger partial charge in [-0.1, -0.05) is 36.4 Å². The first-order chi connectivity index (χ1) is 7.18. The molecule has 1 heteroatoms. The third-order valence-corrected chi connectivity index (χ3v) is 3.41. The molecule has 1 aromatic heterocycles. The van der Waals surface area contributed by atoms with E-state index >= 15 is 0 Å². The Morgan fingerprint density at radius 1 is 1.27 bits per heavy atom. The quantitative estimate of drug-likeness (QED) is 0.676. The summed E-state index contributed by atoms with van der Waals surface area (Å²) < 4.78 is 0. The second-order valence-electron chi connectivity index (χ2n) is 3.79. The molecule has 0 saturated heterocycles. The Kier molecular flexibility index (Phi) is 2.74. The van der Waals surface area contributed by atoms with Crippen LogP contribution in [0.3, 0.4) is 0 Å². The van der Waals surface area contributed by atoms with Crippen LogP contribution in [0, 0.1) is 6.92 Å². The lowest BCUT2D eigenvalue weighted by Gasteiger charge is -2.06. The Balaban J connectivity index is 2.48. The molecule has 1 heterocycles. The molecule has 0 amide bonds. The molecule has 0 fully saturated rings. The highest BCUT2D eigenvalue weighted by atomic mass is 32.1. The monoisotopic (exact) mass is 214 g/mol. The number of thiophene rings is 1. The van der Waals surface area contributed by atoms with Gasteiger partial charge in [-0.2, -0.15) is 0 Å². The van der Waals surface area contributed by atoms with Crippen molar-refractivity contribution in [3.8, 4) is 10.4 Å². The zero-order valence-corrected chi connectivity index (χ0v) is 9.90. The van der Waals surface area contributed by atoms with E-state index in [4.69, 9.17) is 0 Å². The fourth-order valence-electron chi connectivity index (χ4n) is 1.64. The predicted molar refractivity (Wildman–Crippen MR) is 69.2 cm³/mol. The van der Waals surface area contributed by atoms with Crippen molar-refractivity contribution in [2.75, 3.05) is 0 Å². The zero-order chi connectivity index (χ0) is 10.8. The van der Waals surface area contributed by atoms with Crippen molar-refractivity contribution < 1.29 is 0 Å². The summed E-state index contributed by atoms with van der Waals surface area (Å²) in [5.74, 6) is 0. The van der Waals surface area contributed by atoms with Crippen molar-refractivity contribution >= 4 is 16.9 Å². The molecule has 2 aromatic rings. The van der Waals surface area contributed by atoms with Gasteiger partial charge in [-0.3, -0.25) is 0 Å². The molecule has 76 valence electrons. The third-order valence-electron chi connectivity index (χ3n) is 2.51. The van der Waals surface area contributed by atoms with Crippen molar-refractivity contribution in [3.05, 3.63) is 53.4 Å². The molecule has 0 bridgehead atoms. The summed E-state index contributed by atoms with van der Waals surface area (Å²) in [6.45, 7) is 8.16. The molecule has 0 saturated carbocycles. The SMILES string of the molecule is C=C(C)c1ccc(-c2cccs2)c(C)c1. The standard InChI is InChI=1S/C14H14S/c1-10(2)12-6-7-13(11(3)9-12)14-5-4-8-15-14/h4-9H,1H2,2-3H3. The van der Waals surface area contributed by atoms with Gasteiger partial charge in [0.15, 0.2) is 0 Å². The van der Waals surface area contributed by atoms with Crippen LogP contribution in [0.1, 0.15) is 18.1 Å². The molecule has 2 rings (SSSR count). The molecular formula is C14H14S. The van der Waals surface area contributed by atoms with Gasteiger partial charge in [0.1, 0.15) is 0 Å². The third kappa shape index (κ3) is 2.02. The van der Waals surface area contributed by atoms with Crippen LogP contribution in [0.5, 0.6) is 0 Å². The van der Waals surface area contributed by atoms with E-state index in [1.54, 1.807) is 11.3 Å². The van der Waals surface area contributed by atoms with Crippen molar-refractivity contribution in [1.82, 2.24) is 0 Å². The van der Waals surface area contributed by atoms with Crippen LogP contribution >= 0.6 is 11.3 Å². The highest BCUT2D eigenvalue weighted by Crippen LogP contribution is 2.29. The molecule has 0 radical (unpaired) electrons. The molecule has 0 aliphatic rings. The predicted octanol–water partition coefficient (Wildman–Crippen LogP) is 4.76. The van der Waals surface area contributed by atoms with Crippen molar-refractivity contribution in [2.24, 2.45) is 0 Å². The number of allylic oxidation sites excluding steroid dienone is 1. The zero-order valence-electron chi connectivity index (χ0n) is 9.08. The lowest BCUT2D eigenvalue weighted by molar-refractivity contribution is 1.44. The number of aryl methyl sites for hydroxylation is 1. The van der Waals surface area contributed by atoms with Crippen LogP contribution < -0.4 is 0 Å². The Morgan fingerprint density at radius 2 is 2.07 bits per heavy atom. The number of hydrogen-bond donors (Lipinski definition) is 0. The van der Waals surface area contributed by atoms with E-state index in [2.05, 4.69) is 49.2 Å². The molecule has 0 nitrogen and oxygen atoms in total. The van der Waals surface area contributed by atoms with Crippen LogP contribution in [0.15, 0.2) is 42.3 Å². The average molecular weight is 214 g/mol. The first-order valence-electron chi connectivity index (χ1n) is 4.99. The summed E-state index contributed by atoms with van der Waals surface area (Å²) >= 11 is 1.78. The van der Waals surface area contributed by atoms with Gasteiger partial charge in [0.2, 0.25) is 0 Å². The van der Waals surface area contributed by atoms with Gasteiger partial charge in [0, 0.05) is 4.88 Å². The van der Waals surface area contributed by atoms with Crippen LogP contribution in [0.4, 0.5) is 0 Å². The van der Waals surface area contributed by atoms with Crippen molar-refractivity contribution in [2.45, 2.75) is 13.8 Å². The van der Waals surface area contributed by atoms with Gasteiger partial charge in [-0.25, -0.2) is 0 Å². The Hall–Kier alpha value is -1.34. The lowest BCUT2D eigenvalue weighted by Crippen LogP contribution is -1.84. The minimum Gasteiger partial charge on any atom is -0.144 e. The summed E-state index contributed by atoms with van der Waals surface area (Å²) in [5, 5.41) is 2.11. The van der Waals surface area contributed by atoms with Crippen LogP contribution in [0.2, 0.25) is 0 Å². The van der Waals surface area contributed by atoms with Crippen molar-refractivity contribution in [1.29, 1.82) is 0 Å². The van der Waals surface area contributed by atoms with E-state index in [0.717, 1.165) is 5.57 Å². The van der Waals surface area contributed by atoms with Gasteiger partial charge >= 0.3 is 0 Å². The largest absolute Gasteiger partial charge is 0.144 e. The van der Waals surface area contributed by atoms with E-state index in [0.29, 0.717) is 0 Å². The maximum absolute atomic E-state index is 3.96. The summed E-state index contributed by atoms with van der Waals surface area (Å²) in [6.07, 6.45) is 0. The molecule has 15 heavy (non-hydrogen) atoms. The van der Waals surface area contributed by atoms with Gasteiger partial charge in [-0.15, -0.1) is 11.3 Å². The summed E-state index contributed by atoms with van der Waals surface area (Å²) in [6, 6.07) is 10.8. The van der Waals surface area contributed by atoms with Crippen LogP contribution in [0.25, 0.3) is 16.0 Å². The maximum Gasteiger partial charge on any atom is 0.0345 e. The van der Waals surface area contributed by atoms with Crippen molar-refractivity contribution in [3.63, 3.8) is 0 Å². The molecule has 0 N–H and O–H groups in total. The van der Waals surface area contributed by atoms with Gasteiger partial charge in [0.25, 0.3) is 0 Å². The average Bonchev–Trinajstić information content (AvgIpc) is 2.70. The van der Waals surface area contributed by atoms with Gasteiger partial charge in [-0.05, 0) is 42.0 Å². The highest BCUT2D eigenvalue weighted by Gasteiger charge is 2.03. The van der Waals surface area contributed by atoms with E-state index in [1.807, 2.05) is 6.92 Å². The normalized spacial score (nSPS) is 10.3. The summed E-state index contributed by atoms with van der Waals surface area (Å²) in [4.78, 5) is 1.33. The van der Waals surface area contributed by atoms with Crippen LogP contribution in [-0.4, -0.2) is 0 Å². The Morgan fingerprint density at radius 3 is 2.60 bits per heavy atom. The number of rotatable bonds is 2. The minimum atomic E-state index is 1.12. The molecule has 0 aliphatic carbocycles. The first kappa shape index (κ1) is 10.2. The van der Waals surface area contributed by atoms with E-state index < -0.39 is 0 Å². The fourth-order valence-corrected chi connectivity index (χ4v) is 2.45. The summed E-state index contributed by atoms with van der Waals surface area (Å²) in [7, 11) is 0. The van der Waals surface area contributed by atoms with E-state index in [-0.39, 0.29) is 0 Å². The number of hydrogen-bond acceptors (Lipinski definition) is 1. The minimum absolute atomic E-state index is 1.12. The van der Waals surface area contributed by atoms with Crippen LogP contribution in [-0.2, 0) is 0 Å². The maximum atomic E-state index is 3.96. The summed E-state index contributed by atoms with van der Waals surface area (Å²) in [5.41, 5.74) is 5.00. The highest BCUT2D eigenvalue weighted by molar-refractivity contribution is 7.13. The first-order valence-corrected chi connectivity index (χ1v) is 5.87. The molecule has 0 spiro atoms. The van der Waals surface area contributed by atoms with Gasteiger partial charge < -0.3 is 0 Å². The molecule has 0 atom stereocenters. The number of benzene rings is 1. The smallest absolute Gasteiger partial charge is 0.0345 e. The molecule has 0 aliphatic heterocycles. The second-order valence-corrected chi connectivity index (χ2v) is 4.74. The Bertz CT molecular complexity index is 478. The fraction of sp³-hybridized carbons (Fsp3) is 0.143. The van der Waals surface area contributed by atoms with Gasteiger partial charge in [0.05, 0.1) is 0 Å². The van der Waals surface area contributed by atoms with E-state index in [1.165, 1.54) is 21.6 Å². The molecular weight excluding hydrogens is 200 g/mol. The van der Waals surface area contributed by atoms with E-state index in [9.17, 15) is 0 Å². The Labute approximate surface area is 94.9 Å². The molecule has 1 aromatic carbocycles. The topological polar surface area (TPSA) is 0 Å². The lowest BCUT2D eigenvalue weighted by atomic mass is 10.0. The second kappa shape index (κ2) is 4.03.